The van der Waals surface area contributed by atoms with E-state index < -0.39 is 5.91 Å². The van der Waals surface area contributed by atoms with Gasteiger partial charge in [-0.25, -0.2) is 5.43 Å². The van der Waals surface area contributed by atoms with Gasteiger partial charge in [0.05, 0.1) is 5.69 Å². The molecule has 0 unspecified atom stereocenters. The summed E-state index contributed by atoms with van der Waals surface area (Å²) in [7, 11) is 0. The molecule has 7 nitrogen and oxygen atoms in total. The molecular formula is C24H19N3O4. The molecule has 1 aromatic heterocycles. The molecule has 0 aliphatic carbocycles. The van der Waals surface area contributed by atoms with Crippen molar-refractivity contribution in [3.8, 4) is 5.75 Å². The smallest absolute Gasteiger partial charge is 0.265 e. The Morgan fingerprint density at radius 1 is 1.06 bits per heavy atom. The topological polar surface area (TPSA) is 84.1 Å². The number of para-hydroxylation sites is 2. The number of fused-ring (bicyclic) bond motifs is 4. The molecule has 3 aromatic carbocycles. The number of rotatable bonds is 4. The number of nitrogens with zero attached hydrogens (tertiary/aromatic N) is 2. The molecular weight excluding hydrogens is 394 g/mol. The molecule has 7 heteroatoms. The van der Waals surface area contributed by atoms with Gasteiger partial charge in [-0.1, -0.05) is 42.5 Å². The number of benzene rings is 3. The predicted octanol–water partition coefficient (Wildman–Crippen LogP) is 3.85. The minimum atomic E-state index is -0.411. The highest BCUT2D eigenvalue weighted by molar-refractivity contribution is 6.09. The first-order chi connectivity index (χ1) is 15.1. The third kappa shape index (κ3) is 3.50. The molecule has 4 aromatic rings. The summed E-state index contributed by atoms with van der Waals surface area (Å²) < 4.78 is 11.3. The van der Waals surface area contributed by atoms with E-state index in [1.165, 1.54) is 4.90 Å². The molecule has 0 fully saturated rings. The summed E-state index contributed by atoms with van der Waals surface area (Å²) in [6, 6.07) is 21.0. The molecule has 0 radical (unpaired) electrons. The van der Waals surface area contributed by atoms with Crippen molar-refractivity contribution in [3.05, 3.63) is 72.5 Å². The predicted molar refractivity (Wildman–Crippen MR) is 118 cm³/mol. The van der Waals surface area contributed by atoms with Crippen LogP contribution in [-0.4, -0.2) is 30.7 Å². The van der Waals surface area contributed by atoms with Crippen LogP contribution in [0.5, 0.6) is 5.75 Å². The zero-order valence-corrected chi connectivity index (χ0v) is 16.8. The van der Waals surface area contributed by atoms with Crippen molar-refractivity contribution in [3.63, 3.8) is 0 Å². The number of hydrogen-bond donors (Lipinski definition) is 1. The molecule has 1 aliphatic rings. The van der Waals surface area contributed by atoms with E-state index >= 15 is 0 Å². The van der Waals surface area contributed by atoms with Gasteiger partial charge in [-0.3, -0.25) is 14.5 Å². The van der Waals surface area contributed by atoms with E-state index in [0.29, 0.717) is 22.9 Å². The Labute approximate surface area is 177 Å². The van der Waals surface area contributed by atoms with Crippen LogP contribution in [0.3, 0.4) is 0 Å². The summed E-state index contributed by atoms with van der Waals surface area (Å²) in [4.78, 5) is 26.1. The Balaban J connectivity index is 1.34. The summed E-state index contributed by atoms with van der Waals surface area (Å²) in [6.45, 7) is 1.51. The quantitative estimate of drug-likeness (QED) is 0.407. The Morgan fingerprint density at radius 2 is 1.87 bits per heavy atom. The average Bonchev–Trinajstić information content (AvgIpc) is 3.24. The zero-order valence-electron chi connectivity index (χ0n) is 16.8. The molecule has 0 bridgehead atoms. The van der Waals surface area contributed by atoms with Gasteiger partial charge in [-0.05, 0) is 42.0 Å². The molecule has 0 saturated heterocycles. The Morgan fingerprint density at radius 3 is 2.77 bits per heavy atom. The summed E-state index contributed by atoms with van der Waals surface area (Å²) in [5.41, 5.74) is 4.37. The van der Waals surface area contributed by atoms with Crippen LogP contribution >= 0.6 is 0 Å². The molecule has 2 amide bonds. The van der Waals surface area contributed by atoms with Gasteiger partial charge in [0, 0.05) is 5.39 Å². The van der Waals surface area contributed by atoms with Crippen LogP contribution in [0.4, 0.5) is 5.69 Å². The first kappa shape index (κ1) is 18.9. The first-order valence-corrected chi connectivity index (χ1v) is 9.87. The van der Waals surface area contributed by atoms with Crippen molar-refractivity contribution >= 4 is 45.0 Å². The van der Waals surface area contributed by atoms with Crippen LogP contribution in [0.2, 0.25) is 0 Å². The molecule has 31 heavy (non-hydrogen) atoms. The van der Waals surface area contributed by atoms with Gasteiger partial charge in [0.25, 0.3) is 11.8 Å². The lowest BCUT2D eigenvalue weighted by Gasteiger charge is -2.28. The fourth-order valence-electron chi connectivity index (χ4n) is 3.68. The molecule has 5 rings (SSSR count). The fourth-order valence-corrected chi connectivity index (χ4v) is 3.68. The lowest BCUT2D eigenvalue weighted by atomic mass is 10.1. The van der Waals surface area contributed by atoms with Gasteiger partial charge in [0.1, 0.15) is 23.6 Å². The summed E-state index contributed by atoms with van der Waals surface area (Å²) in [5, 5.41) is 7.38. The number of ether oxygens (including phenoxy) is 1. The van der Waals surface area contributed by atoms with E-state index in [1.54, 1.807) is 25.1 Å². The summed E-state index contributed by atoms with van der Waals surface area (Å²) >= 11 is 0. The second-order valence-electron chi connectivity index (χ2n) is 7.28. The van der Waals surface area contributed by atoms with Gasteiger partial charge >= 0.3 is 0 Å². The van der Waals surface area contributed by atoms with E-state index in [4.69, 9.17) is 9.15 Å². The maximum Gasteiger partial charge on any atom is 0.265 e. The number of carbonyl (C=O) groups is 2. The standard InChI is InChI=1S/C24H19N3O4/c1-15(22-12-18-17-7-3-2-6-16(17)10-11-20(18)31-22)25-26-23(28)13-27-19-8-4-5-9-21(19)30-14-24(27)29/h2-12H,13-14H2,1H3,(H,26,28)/b25-15-. The number of hydrogen-bond acceptors (Lipinski definition) is 5. The number of nitrogens with one attached hydrogen (secondary N) is 1. The highest BCUT2D eigenvalue weighted by atomic mass is 16.5. The normalized spacial score (nSPS) is 13.9. The van der Waals surface area contributed by atoms with Crippen molar-refractivity contribution in [2.45, 2.75) is 6.92 Å². The molecule has 0 spiro atoms. The first-order valence-electron chi connectivity index (χ1n) is 9.87. The van der Waals surface area contributed by atoms with E-state index in [9.17, 15) is 9.59 Å². The molecule has 1 aliphatic heterocycles. The lowest BCUT2D eigenvalue weighted by molar-refractivity contribution is -0.125. The molecule has 0 saturated carbocycles. The van der Waals surface area contributed by atoms with Crippen LogP contribution < -0.4 is 15.1 Å². The van der Waals surface area contributed by atoms with Crippen LogP contribution in [0.1, 0.15) is 12.7 Å². The third-order valence-corrected chi connectivity index (χ3v) is 5.24. The second kappa shape index (κ2) is 7.60. The Hall–Kier alpha value is -4.13. The van der Waals surface area contributed by atoms with Gasteiger partial charge in [-0.2, -0.15) is 5.10 Å². The molecule has 154 valence electrons. The summed E-state index contributed by atoms with van der Waals surface area (Å²) in [5.74, 6) is 0.452. The van der Waals surface area contributed by atoms with Gasteiger partial charge < -0.3 is 9.15 Å². The van der Waals surface area contributed by atoms with Gasteiger partial charge in [0.15, 0.2) is 12.4 Å². The monoisotopic (exact) mass is 413 g/mol. The van der Waals surface area contributed by atoms with Crippen molar-refractivity contribution in [2.75, 3.05) is 18.1 Å². The molecule has 1 N–H and O–H groups in total. The van der Waals surface area contributed by atoms with Crippen LogP contribution in [0, 0.1) is 0 Å². The number of amides is 2. The number of furan rings is 1. The van der Waals surface area contributed by atoms with E-state index in [0.717, 1.165) is 21.7 Å². The van der Waals surface area contributed by atoms with Crippen molar-refractivity contribution in [2.24, 2.45) is 5.10 Å². The maximum atomic E-state index is 12.5. The highest BCUT2D eigenvalue weighted by Gasteiger charge is 2.26. The van der Waals surface area contributed by atoms with E-state index in [2.05, 4.69) is 10.5 Å². The van der Waals surface area contributed by atoms with Crippen molar-refractivity contribution < 1.29 is 18.7 Å². The lowest BCUT2D eigenvalue weighted by Crippen LogP contribution is -2.44. The SMILES string of the molecule is C/C(=N/NC(=O)CN1C(=O)COc2ccccc21)c1cc2c(ccc3ccccc32)o1. The van der Waals surface area contributed by atoms with Crippen LogP contribution in [0.15, 0.2) is 76.2 Å². The largest absolute Gasteiger partial charge is 0.482 e. The minimum Gasteiger partial charge on any atom is -0.482 e. The minimum absolute atomic E-state index is 0.0977. The van der Waals surface area contributed by atoms with E-state index in [1.807, 2.05) is 48.5 Å². The zero-order chi connectivity index (χ0) is 21.4. The van der Waals surface area contributed by atoms with Crippen molar-refractivity contribution in [1.29, 1.82) is 0 Å². The van der Waals surface area contributed by atoms with Gasteiger partial charge in [-0.15, -0.1) is 0 Å². The Bertz CT molecular complexity index is 1360. The Kier molecular flexibility index (Phi) is 4.63. The average molecular weight is 413 g/mol. The van der Waals surface area contributed by atoms with Gasteiger partial charge in [0.2, 0.25) is 0 Å². The maximum absolute atomic E-state index is 12.5. The molecule has 0 atom stereocenters. The van der Waals surface area contributed by atoms with Crippen molar-refractivity contribution in [1.82, 2.24) is 5.43 Å². The fraction of sp³-hybridized carbons (Fsp3) is 0.125. The molecule has 2 heterocycles. The van der Waals surface area contributed by atoms with Crippen LogP contribution in [-0.2, 0) is 9.59 Å². The number of hydrazone groups is 1. The number of anilines is 1. The highest BCUT2D eigenvalue weighted by Crippen LogP contribution is 2.31. The van der Waals surface area contributed by atoms with Crippen LogP contribution in [0.25, 0.3) is 21.7 Å². The van der Waals surface area contributed by atoms with E-state index in [-0.39, 0.29) is 19.1 Å². The third-order valence-electron chi connectivity index (χ3n) is 5.24. The number of carbonyl (C=O) groups excluding carboxylic acids is 2. The summed E-state index contributed by atoms with van der Waals surface area (Å²) in [6.07, 6.45) is 0. The second-order valence-corrected chi connectivity index (χ2v) is 7.28.